The Morgan fingerprint density at radius 2 is 1.58 bits per heavy atom. The van der Waals surface area contributed by atoms with Crippen LogP contribution in [-0.2, 0) is 10.0 Å². The van der Waals surface area contributed by atoms with E-state index in [0.29, 0.717) is 11.4 Å². The van der Waals surface area contributed by atoms with E-state index >= 15 is 0 Å². The van der Waals surface area contributed by atoms with Crippen LogP contribution in [0.1, 0.15) is 5.56 Å². The Labute approximate surface area is 112 Å². The number of hydrogen-bond acceptors (Lipinski definition) is 3. The van der Waals surface area contributed by atoms with E-state index < -0.39 is 10.0 Å². The van der Waals surface area contributed by atoms with Crippen LogP contribution in [0.2, 0.25) is 0 Å². The molecule has 2 rings (SSSR count). The highest BCUT2D eigenvalue weighted by Gasteiger charge is 2.04. The first-order valence-electron chi connectivity index (χ1n) is 5.67. The Bertz CT molecular complexity index is 662. The van der Waals surface area contributed by atoms with Gasteiger partial charge in [-0.1, -0.05) is 30.3 Å². The number of nitrogens with one attached hydrogen (secondary N) is 1. The van der Waals surface area contributed by atoms with Crippen molar-refractivity contribution in [2.24, 2.45) is 0 Å². The summed E-state index contributed by atoms with van der Waals surface area (Å²) in [6.07, 6.45) is 1.54. The van der Waals surface area contributed by atoms with Gasteiger partial charge in [-0.05, 0) is 35.9 Å². The first-order valence-corrected chi connectivity index (χ1v) is 7.21. The molecule has 0 bridgehead atoms. The Morgan fingerprint density at radius 3 is 2.21 bits per heavy atom. The average molecular weight is 274 g/mol. The van der Waals surface area contributed by atoms with Crippen LogP contribution < -0.4 is 10.5 Å². The highest BCUT2D eigenvalue weighted by Crippen LogP contribution is 2.13. The summed E-state index contributed by atoms with van der Waals surface area (Å²) in [6.45, 7) is 0. The molecular formula is C14H14N2O2S. The van der Waals surface area contributed by atoms with Crippen molar-refractivity contribution >= 4 is 27.5 Å². The first kappa shape index (κ1) is 13.2. The maximum Gasteiger partial charge on any atom is 0.255 e. The molecule has 0 amide bonds. The first-order chi connectivity index (χ1) is 9.05. The summed E-state index contributed by atoms with van der Waals surface area (Å²) in [5.74, 6) is 0. The number of nitrogens with two attached hydrogens (primary N) is 1. The largest absolute Gasteiger partial charge is 0.399 e. The standard InChI is InChI=1S/C14H14N2O2S/c15-13-6-8-14(9-7-13)16-19(17,18)11-10-12-4-2-1-3-5-12/h1-11,16H,15H2/b11-10+. The van der Waals surface area contributed by atoms with Crippen molar-refractivity contribution in [1.29, 1.82) is 0 Å². The van der Waals surface area contributed by atoms with Gasteiger partial charge < -0.3 is 5.73 Å². The zero-order valence-electron chi connectivity index (χ0n) is 10.2. The molecule has 0 unspecified atom stereocenters. The van der Waals surface area contributed by atoms with E-state index in [2.05, 4.69) is 4.72 Å². The summed E-state index contributed by atoms with van der Waals surface area (Å²) in [7, 11) is -3.52. The molecular weight excluding hydrogens is 260 g/mol. The van der Waals surface area contributed by atoms with Crippen LogP contribution in [0.4, 0.5) is 11.4 Å². The van der Waals surface area contributed by atoms with Crippen molar-refractivity contribution < 1.29 is 8.42 Å². The maximum absolute atomic E-state index is 11.8. The smallest absolute Gasteiger partial charge is 0.255 e. The van der Waals surface area contributed by atoms with Crippen LogP contribution in [0.15, 0.2) is 60.0 Å². The van der Waals surface area contributed by atoms with Crippen LogP contribution >= 0.6 is 0 Å². The fraction of sp³-hybridized carbons (Fsp3) is 0. The lowest BCUT2D eigenvalue weighted by atomic mass is 10.2. The molecule has 2 aromatic rings. The lowest BCUT2D eigenvalue weighted by Gasteiger charge is -2.04. The van der Waals surface area contributed by atoms with E-state index in [-0.39, 0.29) is 0 Å². The highest BCUT2D eigenvalue weighted by atomic mass is 32.2. The molecule has 0 atom stereocenters. The number of sulfonamides is 1. The third kappa shape index (κ3) is 4.15. The van der Waals surface area contributed by atoms with Gasteiger partial charge in [0, 0.05) is 11.4 Å². The van der Waals surface area contributed by atoms with Gasteiger partial charge in [-0.3, -0.25) is 4.72 Å². The van der Waals surface area contributed by atoms with Crippen molar-refractivity contribution in [2.45, 2.75) is 0 Å². The molecule has 0 aliphatic rings. The van der Waals surface area contributed by atoms with Gasteiger partial charge in [0.05, 0.1) is 5.41 Å². The summed E-state index contributed by atoms with van der Waals surface area (Å²) in [5, 5.41) is 1.14. The molecule has 0 aliphatic heterocycles. The van der Waals surface area contributed by atoms with Crippen LogP contribution in [0.25, 0.3) is 6.08 Å². The average Bonchev–Trinajstić information content (AvgIpc) is 2.40. The molecule has 0 saturated heterocycles. The molecule has 19 heavy (non-hydrogen) atoms. The van der Waals surface area contributed by atoms with E-state index in [1.54, 1.807) is 30.3 Å². The van der Waals surface area contributed by atoms with Gasteiger partial charge in [0.2, 0.25) is 0 Å². The number of hydrogen-bond donors (Lipinski definition) is 2. The fourth-order valence-electron chi connectivity index (χ4n) is 1.48. The van der Waals surface area contributed by atoms with Crippen molar-refractivity contribution in [1.82, 2.24) is 0 Å². The van der Waals surface area contributed by atoms with Crippen molar-refractivity contribution in [3.8, 4) is 0 Å². The Balaban J connectivity index is 2.11. The summed E-state index contributed by atoms with van der Waals surface area (Å²) in [5.41, 5.74) is 7.42. The van der Waals surface area contributed by atoms with Crippen molar-refractivity contribution in [3.05, 3.63) is 65.6 Å². The number of rotatable bonds is 4. The molecule has 0 aliphatic carbocycles. The second-order valence-corrected chi connectivity index (χ2v) is 5.55. The normalized spacial score (nSPS) is 11.6. The van der Waals surface area contributed by atoms with Crippen LogP contribution in [0.5, 0.6) is 0 Å². The van der Waals surface area contributed by atoms with E-state index in [0.717, 1.165) is 11.0 Å². The van der Waals surface area contributed by atoms with Gasteiger partial charge >= 0.3 is 0 Å². The summed E-state index contributed by atoms with van der Waals surface area (Å²) >= 11 is 0. The van der Waals surface area contributed by atoms with E-state index in [9.17, 15) is 8.42 Å². The second-order valence-electron chi connectivity index (χ2n) is 3.98. The quantitative estimate of drug-likeness (QED) is 0.842. The lowest BCUT2D eigenvalue weighted by molar-refractivity contribution is 0.609. The molecule has 0 heterocycles. The summed E-state index contributed by atoms with van der Waals surface area (Å²) in [6, 6.07) is 15.7. The van der Waals surface area contributed by atoms with Crippen molar-refractivity contribution in [3.63, 3.8) is 0 Å². The lowest BCUT2D eigenvalue weighted by Crippen LogP contribution is -2.08. The molecule has 0 spiro atoms. The third-order valence-electron chi connectivity index (χ3n) is 2.41. The SMILES string of the molecule is Nc1ccc(NS(=O)(=O)/C=C/c2ccccc2)cc1. The molecule has 3 N–H and O–H groups in total. The van der Waals surface area contributed by atoms with Gasteiger partial charge in [-0.2, -0.15) is 0 Å². The fourth-order valence-corrected chi connectivity index (χ4v) is 2.35. The predicted octanol–water partition coefficient (Wildman–Crippen LogP) is 2.68. The molecule has 4 nitrogen and oxygen atoms in total. The molecule has 0 saturated carbocycles. The highest BCUT2D eigenvalue weighted by molar-refractivity contribution is 7.95. The van der Waals surface area contributed by atoms with E-state index in [1.165, 1.54) is 0 Å². The van der Waals surface area contributed by atoms with E-state index in [1.807, 2.05) is 30.3 Å². The van der Waals surface area contributed by atoms with Gasteiger partial charge in [0.25, 0.3) is 10.0 Å². The minimum Gasteiger partial charge on any atom is -0.399 e. The summed E-state index contributed by atoms with van der Waals surface area (Å²) < 4.78 is 26.1. The molecule has 0 aromatic heterocycles. The minimum absolute atomic E-state index is 0.479. The molecule has 0 radical (unpaired) electrons. The summed E-state index contributed by atoms with van der Waals surface area (Å²) in [4.78, 5) is 0. The Kier molecular flexibility index (Phi) is 3.87. The van der Waals surface area contributed by atoms with Gasteiger partial charge in [0.1, 0.15) is 0 Å². The zero-order valence-corrected chi connectivity index (χ0v) is 11.0. The predicted molar refractivity (Wildman–Crippen MR) is 78.9 cm³/mol. The number of anilines is 2. The monoisotopic (exact) mass is 274 g/mol. The Morgan fingerprint density at radius 1 is 0.947 bits per heavy atom. The van der Waals surface area contributed by atoms with Crippen molar-refractivity contribution in [2.75, 3.05) is 10.5 Å². The van der Waals surface area contributed by atoms with Crippen LogP contribution in [0, 0.1) is 0 Å². The number of benzene rings is 2. The van der Waals surface area contributed by atoms with Gasteiger partial charge in [0.15, 0.2) is 0 Å². The van der Waals surface area contributed by atoms with Gasteiger partial charge in [-0.15, -0.1) is 0 Å². The molecule has 5 heteroatoms. The van der Waals surface area contributed by atoms with Gasteiger partial charge in [-0.25, -0.2) is 8.42 Å². The zero-order chi connectivity index (χ0) is 13.7. The second kappa shape index (κ2) is 5.58. The Hall–Kier alpha value is -2.27. The molecule has 0 fully saturated rings. The van der Waals surface area contributed by atoms with E-state index in [4.69, 9.17) is 5.73 Å². The van der Waals surface area contributed by atoms with Crippen LogP contribution in [0.3, 0.4) is 0 Å². The van der Waals surface area contributed by atoms with Crippen LogP contribution in [-0.4, -0.2) is 8.42 Å². The molecule has 98 valence electrons. The topological polar surface area (TPSA) is 72.2 Å². The molecule has 2 aromatic carbocycles. The minimum atomic E-state index is -3.52. The maximum atomic E-state index is 11.8. The third-order valence-corrected chi connectivity index (χ3v) is 3.42. The number of nitrogen functional groups attached to an aromatic ring is 1.